The number of anilines is 1. The minimum absolute atomic E-state index is 0.0579. The lowest BCUT2D eigenvalue weighted by molar-refractivity contribution is -0.142. The van der Waals surface area contributed by atoms with E-state index in [4.69, 9.17) is 23.2 Å². The van der Waals surface area contributed by atoms with E-state index < -0.39 is 39.9 Å². The molecule has 0 bridgehead atoms. The molecule has 12 nitrogen and oxygen atoms in total. The van der Waals surface area contributed by atoms with Crippen molar-refractivity contribution in [1.29, 1.82) is 5.26 Å². The van der Waals surface area contributed by atoms with E-state index >= 15 is 0 Å². The average Bonchev–Trinajstić information content (AvgIpc) is 3.52. The van der Waals surface area contributed by atoms with Gasteiger partial charge in [0.2, 0.25) is 15.9 Å². The summed E-state index contributed by atoms with van der Waals surface area (Å²) in [7, 11) is -4.22. The first-order chi connectivity index (χ1) is 22.9. The van der Waals surface area contributed by atoms with E-state index in [0.29, 0.717) is 11.3 Å². The van der Waals surface area contributed by atoms with E-state index in [1.807, 2.05) is 6.07 Å². The van der Waals surface area contributed by atoms with E-state index in [1.54, 1.807) is 24.3 Å². The monoisotopic (exact) mass is 712 g/mol. The molecule has 4 atom stereocenters. The molecule has 3 heterocycles. The Morgan fingerprint density at radius 3 is 2.46 bits per heavy atom. The van der Waals surface area contributed by atoms with Crippen molar-refractivity contribution >= 4 is 56.7 Å². The van der Waals surface area contributed by atoms with Gasteiger partial charge in [0.15, 0.2) is 0 Å². The number of amides is 2. The Bertz CT molecular complexity index is 1830. The van der Waals surface area contributed by atoms with Crippen molar-refractivity contribution in [1.82, 2.24) is 19.5 Å². The standard InChI is InChI=1S/C33H34Cl2N6O6S/c1-20-5-2-3-12-40(20)24-15-29(41(19-24)48(46,47)25-7-4-6-22(13-25)16-36)31(42)39-28(33(44)45)14-21-8-10-23(11-9-21)38-32(43)30-26(34)17-37-18-27(30)35/h4,6-11,13,17-18,20,24,28-29H,2-3,5,12,14-15,19H2,1H3,(H,38,43)(H,39,42)(H,44,45)/t20?,24-,28+,29+/m1/s1. The number of aromatic nitrogens is 1. The second-order valence-corrected chi connectivity index (χ2v) is 14.6. The van der Waals surface area contributed by atoms with Gasteiger partial charge in [0.05, 0.1) is 32.1 Å². The van der Waals surface area contributed by atoms with Gasteiger partial charge in [-0.1, -0.05) is 47.8 Å². The summed E-state index contributed by atoms with van der Waals surface area (Å²) in [4.78, 5) is 44.8. The predicted molar refractivity (Wildman–Crippen MR) is 179 cm³/mol. The number of nitrogens with zero attached hydrogens (tertiary/aromatic N) is 4. The number of hydrogen-bond donors (Lipinski definition) is 3. The number of halogens is 2. The van der Waals surface area contributed by atoms with Gasteiger partial charge in [-0.05, 0) is 68.6 Å². The number of piperidine rings is 1. The summed E-state index contributed by atoms with van der Waals surface area (Å²) < 4.78 is 29.0. The maximum absolute atomic E-state index is 13.9. The van der Waals surface area contributed by atoms with Crippen LogP contribution in [0.1, 0.15) is 54.1 Å². The van der Waals surface area contributed by atoms with Gasteiger partial charge < -0.3 is 15.7 Å². The maximum Gasteiger partial charge on any atom is 0.326 e. The molecule has 3 aromatic rings. The fourth-order valence-corrected chi connectivity index (χ4v) is 8.52. The number of carboxylic acid groups (broad SMARTS) is 1. The molecule has 0 saturated carbocycles. The van der Waals surface area contributed by atoms with Crippen LogP contribution in [-0.2, 0) is 26.0 Å². The average molecular weight is 714 g/mol. The van der Waals surface area contributed by atoms with Crippen LogP contribution < -0.4 is 10.6 Å². The molecule has 2 aromatic carbocycles. The highest BCUT2D eigenvalue weighted by atomic mass is 35.5. The van der Waals surface area contributed by atoms with E-state index in [0.717, 1.165) is 30.1 Å². The van der Waals surface area contributed by atoms with Crippen molar-refractivity contribution in [2.24, 2.45) is 0 Å². The number of carboxylic acids is 1. The molecule has 3 N–H and O–H groups in total. The summed E-state index contributed by atoms with van der Waals surface area (Å²) in [5.41, 5.74) is 1.17. The van der Waals surface area contributed by atoms with E-state index in [1.165, 1.54) is 36.7 Å². The quantitative estimate of drug-likeness (QED) is 0.277. The van der Waals surface area contributed by atoms with Crippen LogP contribution >= 0.6 is 23.2 Å². The summed E-state index contributed by atoms with van der Waals surface area (Å²) in [5, 5.41) is 24.8. The number of aliphatic carboxylic acids is 1. The highest BCUT2D eigenvalue weighted by Crippen LogP contribution is 2.33. The normalized spacial score (nSPS) is 20.8. The molecule has 252 valence electrons. The number of carbonyl (C=O) groups is 3. The minimum Gasteiger partial charge on any atom is -0.480 e. The van der Waals surface area contributed by atoms with Gasteiger partial charge in [0.1, 0.15) is 12.1 Å². The van der Waals surface area contributed by atoms with E-state index in [-0.39, 0.29) is 57.5 Å². The zero-order chi connectivity index (χ0) is 34.6. The lowest BCUT2D eigenvalue weighted by Gasteiger charge is -2.37. The fourth-order valence-electron chi connectivity index (χ4n) is 6.30. The van der Waals surface area contributed by atoms with Crippen LogP contribution in [0.4, 0.5) is 5.69 Å². The van der Waals surface area contributed by atoms with Crippen LogP contribution in [0.25, 0.3) is 0 Å². The third-order valence-electron chi connectivity index (χ3n) is 8.78. The SMILES string of the molecule is CC1CCCCN1[C@@H]1C[C@@H](C(=O)N[C@@H](Cc2ccc(NC(=O)c3c(Cl)cncc3Cl)cc2)C(=O)O)N(S(=O)(=O)c2cccc(C#N)c2)C1. The first-order valence-corrected chi connectivity index (χ1v) is 17.6. The first kappa shape index (κ1) is 35.3. The number of pyridine rings is 1. The van der Waals surface area contributed by atoms with Crippen LogP contribution in [0.5, 0.6) is 0 Å². The molecule has 2 saturated heterocycles. The molecule has 0 aliphatic carbocycles. The number of hydrogen-bond acceptors (Lipinski definition) is 8. The molecule has 15 heteroatoms. The van der Waals surface area contributed by atoms with Crippen LogP contribution in [-0.4, -0.2) is 82.8 Å². The number of rotatable bonds is 10. The molecule has 2 fully saturated rings. The number of nitriles is 1. The van der Waals surface area contributed by atoms with Crippen molar-refractivity contribution < 1.29 is 27.9 Å². The molecule has 2 amide bonds. The largest absolute Gasteiger partial charge is 0.480 e. The van der Waals surface area contributed by atoms with Crippen LogP contribution in [0.3, 0.4) is 0 Å². The Morgan fingerprint density at radius 1 is 1.10 bits per heavy atom. The number of benzene rings is 2. The van der Waals surface area contributed by atoms with Gasteiger partial charge in [-0.3, -0.25) is 19.5 Å². The maximum atomic E-state index is 13.9. The summed E-state index contributed by atoms with van der Waals surface area (Å²) >= 11 is 12.1. The van der Waals surface area contributed by atoms with Crippen LogP contribution in [0.2, 0.25) is 10.0 Å². The molecule has 48 heavy (non-hydrogen) atoms. The number of sulfonamides is 1. The molecule has 2 aliphatic rings. The second kappa shape index (κ2) is 15.0. The Kier molecular flexibility index (Phi) is 11.0. The van der Waals surface area contributed by atoms with Crippen molar-refractivity contribution in [3.8, 4) is 6.07 Å². The van der Waals surface area contributed by atoms with Crippen molar-refractivity contribution in [3.05, 3.63) is 87.7 Å². The lowest BCUT2D eigenvalue weighted by Crippen LogP contribution is -2.51. The van der Waals surface area contributed by atoms with Crippen LogP contribution in [0.15, 0.2) is 65.8 Å². The zero-order valence-corrected chi connectivity index (χ0v) is 28.3. The summed E-state index contributed by atoms with van der Waals surface area (Å²) in [6.45, 7) is 2.92. The Morgan fingerprint density at radius 2 is 1.81 bits per heavy atom. The van der Waals surface area contributed by atoms with Crippen LogP contribution in [0, 0.1) is 11.3 Å². The summed E-state index contributed by atoms with van der Waals surface area (Å²) in [5.74, 6) is -2.56. The molecular formula is C33H34Cl2N6O6S. The van der Waals surface area contributed by atoms with E-state index in [9.17, 15) is 33.2 Å². The molecule has 0 radical (unpaired) electrons. The fraction of sp³-hybridized carbons (Fsp3) is 0.364. The summed E-state index contributed by atoms with van der Waals surface area (Å²) in [6.07, 6.45) is 5.67. The molecule has 1 unspecified atom stereocenters. The van der Waals surface area contributed by atoms with E-state index in [2.05, 4.69) is 27.4 Å². The van der Waals surface area contributed by atoms with Gasteiger partial charge in [0.25, 0.3) is 5.91 Å². The number of nitrogens with one attached hydrogen (secondary N) is 2. The van der Waals surface area contributed by atoms with Gasteiger partial charge in [0, 0.05) is 43.1 Å². The Hall–Kier alpha value is -4.06. The molecular weight excluding hydrogens is 679 g/mol. The lowest BCUT2D eigenvalue weighted by atomic mass is 9.99. The number of likely N-dealkylation sites (tertiary alicyclic amines) is 1. The molecule has 1 aromatic heterocycles. The highest BCUT2D eigenvalue weighted by Gasteiger charge is 2.47. The highest BCUT2D eigenvalue weighted by molar-refractivity contribution is 7.89. The third kappa shape index (κ3) is 7.80. The van der Waals surface area contributed by atoms with Crippen molar-refractivity contribution in [2.75, 3.05) is 18.4 Å². The second-order valence-electron chi connectivity index (χ2n) is 11.9. The zero-order valence-electron chi connectivity index (χ0n) is 26.0. The van der Waals surface area contributed by atoms with Gasteiger partial charge in [-0.2, -0.15) is 9.57 Å². The topological polar surface area (TPSA) is 173 Å². The van der Waals surface area contributed by atoms with Crippen molar-refractivity contribution in [2.45, 2.75) is 68.1 Å². The van der Waals surface area contributed by atoms with Crippen molar-refractivity contribution in [3.63, 3.8) is 0 Å². The first-order valence-electron chi connectivity index (χ1n) is 15.4. The Balaban J connectivity index is 1.33. The number of carbonyl (C=O) groups excluding carboxylic acids is 2. The molecule has 0 spiro atoms. The van der Waals surface area contributed by atoms with Gasteiger partial charge >= 0.3 is 5.97 Å². The smallest absolute Gasteiger partial charge is 0.326 e. The molecule has 2 aliphatic heterocycles. The minimum atomic E-state index is -4.22. The third-order valence-corrected chi connectivity index (χ3v) is 11.2. The van der Waals surface area contributed by atoms with Gasteiger partial charge in [-0.25, -0.2) is 13.2 Å². The Labute approximate surface area is 288 Å². The summed E-state index contributed by atoms with van der Waals surface area (Å²) in [6, 6.07) is 11.4. The van der Waals surface area contributed by atoms with Gasteiger partial charge in [-0.15, -0.1) is 0 Å². The predicted octanol–water partition coefficient (Wildman–Crippen LogP) is 4.33. The molecule has 5 rings (SSSR count).